The highest BCUT2D eigenvalue weighted by Gasteiger charge is 2.47. The summed E-state index contributed by atoms with van der Waals surface area (Å²) in [5.41, 5.74) is 1.68. The molecule has 0 saturated heterocycles. The standard InChI is InChI=1S/C23H22N4O3/c1-13(2)19-20-25-17-9-5-3-7-15(17)21(28)27(20)14(12-24-19)11-23(30)16-8-4-6-10-18(16)26-22(23)29/h3-10,14,24,30H,11-12H2,1-2H3,(H,26,29). The summed E-state index contributed by atoms with van der Waals surface area (Å²) in [6, 6.07) is 13.9. The van der Waals surface area contributed by atoms with E-state index in [9.17, 15) is 14.7 Å². The topological polar surface area (TPSA) is 96.2 Å². The highest BCUT2D eigenvalue weighted by molar-refractivity contribution is 6.04. The normalized spacial score (nSPS) is 22.3. The molecule has 0 radical (unpaired) electrons. The third kappa shape index (κ3) is 2.59. The van der Waals surface area contributed by atoms with Crippen molar-refractivity contribution in [3.05, 3.63) is 75.8 Å². The molecule has 0 aliphatic carbocycles. The molecule has 0 spiro atoms. The highest BCUT2D eigenvalue weighted by atomic mass is 16.3. The molecule has 152 valence electrons. The van der Waals surface area contributed by atoms with E-state index >= 15 is 0 Å². The van der Waals surface area contributed by atoms with Crippen LogP contribution in [0.1, 0.15) is 37.7 Å². The van der Waals surface area contributed by atoms with Crippen molar-refractivity contribution in [2.24, 2.45) is 0 Å². The second-order valence-corrected chi connectivity index (χ2v) is 8.10. The number of para-hydroxylation sites is 2. The summed E-state index contributed by atoms with van der Waals surface area (Å²) in [6.45, 7) is 4.33. The van der Waals surface area contributed by atoms with Crippen LogP contribution in [-0.2, 0) is 10.4 Å². The van der Waals surface area contributed by atoms with Gasteiger partial charge in [0.15, 0.2) is 11.4 Å². The second kappa shape index (κ2) is 6.53. The SMILES string of the molecule is CC(C)=C1NCC(CC2(O)C(=O)Nc3ccccc32)n2c1nc1ccccc1c2=O. The van der Waals surface area contributed by atoms with Crippen LogP contribution in [0.2, 0.25) is 0 Å². The van der Waals surface area contributed by atoms with E-state index in [-0.39, 0.29) is 12.0 Å². The molecule has 7 nitrogen and oxygen atoms in total. The average Bonchev–Trinajstić information content (AvgIpc) is 2.98. The number of rotatable bonds is 2. The van der Waals surface area contributed by atoms with E-state index in [1.807, 2.05) is 38.1 Å². The Morgan fingerprint density at radius 2 is 1.90 bits per heavy atom. The van der Waals surface area contributed by atoms with Crippen molar-refractivity contribution in [1.29, 1.82) is 0 Å². The van der Waals surface area contributed by atoms with Gasteiger partial charge in [0, 0.05) is 24.2 Å². The molecular weight excluding hydrogens is 380 g/mol. The summed E-state index contributed by atoms with van der Waals surface area (Å²) in [6.07, 6.45) is 0.0613. The lowest BCUT2D eigenvalue weighted by molar-refractivity contribution is -0.135. The third-order valence-corrected chi connectivity index (χ3v) is 5.94. The molecule has 0 bridgehead atoms. The maximum absolute atomic E-state index is 13.4. The van der Waals surface area contributed by atoms with E-state index in [1.54, 1.807) is 28.8 Å². The Morgan fingerprint density at radius 3 is 2.70 bits per heavy atom. The van der Waals surface area contributed by atoms with Crippen LogP contribution < -0.4 is 16.2 Å². The fourth-order valence-corrected chi connectivity index (χ4v) is 4.46. The van der Waals surface area contributed by atoms with E-state index in [0.717, 1.165) is 11.3 Å². The summed E-state index contributed by atoms with van der Waals surface area (Å²) in [7, 11) is 0. The van der Waals surface area contributed by atoms with Crippen LogP contribution >= 0.6 is 0 Å². The molecule has 1 amide bonds. The minimum atomic E-state index is -1.71. The average molecular weight is 402 g/mol. The molecule has 2 aromatic carbocycles. The zero-order valence-corrected chi connectivity index (χ0v) is 16.8. The third-order valence-electron chi connectivity index (χ3n) is 5.94. The van der Waals surface area contributed by atoms with Crippen molar-refractivity contribution in [3.8, 4) is 0 Å². The summed E-state index contributed by atoms with van der Waals surface area (Å²) < 4.78 is 1.63. The van der Waals surface area contributed by atoms with Gasteiger partial charge in [0.25, 0.3) is 11.5 Å². The molecule has 7 heteroatoms. The van der Waals surface area contributed by atoms with E-state index < -0.39 is 17.6 Å². The molecule has 0 saturated carbocycles. The molecule has 1 aromatic heterocycles. The van der Waals surface area contributed by atoms with Gasteiger partial charge in [-0.05, 0) is 37.6 Å². The van der Waals surface area contributed by atoms with Gasteiger partial charge >= 0.3 is 0 Å². The summed E-state index contributed by atoms with van der Waals surface area (Å²) >= 11 is 0. The molecule has 0 fully saturated rings. The van der Waals surface area contributed by atoms with Gasteiger partial charge in [0.1, 0.15) is 0 Å². The van der Waals surface area contributed by atoms with Crippen LogP contribution in [0.3, 0.4) is 0 Å². The molecule has 2 atom stereocenters. The number of carbonyl (C=O) groups excluding carboxylic acids is 1. The van der Waals surface area contributed by atoms with E-state index in [0.29, 0.717) is 34.5 Å². The number of carbonyl (C=O) groups is 1. The first-order valence-corrected chi connectivity index (χ1v) is 9.96. The monoisotopic (exact) mass is 402 g/mol. The maximum atomic E-state index is 13.4. The quantitative estimate of drug-likeness (QED) is 0.612. The first-order chi connectivity index (χ1) is 14.4. The number of anilines is 1. The fraction of sp³-hybridized carbons (Fsp3) is 0.261. The molecule has 3 aromatic rings. The smallest absolute Gasteiger partial charge is 0.262 e. The first-order valence-electron chi connectivity index (χ1n) is 9.96. The number of nitrogens with zero attached hydrogens (tertiary/aromatic N) is 2. The Hall–Kier alpha value is -3.45. The lowest BCUT2D eigenvalue weighted by atomic mass is 9.87. The Balaban J connectivity index is 1.68. The van der Waals surface area contributed by atoms with Crippen molar-refractivity contribution in [2.45, 2.75) is 31.9 Å². The van der Waals surface area contributed by atoms with Gasteiger partial charge in [-0.3, -0.25) is 14.2 Å². The van der Waals surface area contributed by atoms with Crippen LogP contribution in [-0.4, -0.2) is 27.1 Å². The number of aromatic nitrogens is 2. The zero-order valence-electron chi connectivity index (χ0n) is 16.8. The van der Waals surface area contributed by atoms with Crippen molar-refractivity contribution in [2.75, 3.05) is 11.9 Å². The molecule has 2 aliphatic rings. The van der Waals surface area contributed by atoms with Gasteiger partial charge in [0.2, 0.25) is 0 Å². The van der Waals surface area contributed by atoms with Crippen molar-refractivity contribution in [3.63, 3.8) is 0 Å². The minimum absolute atomic E-state index is 0.0613. The Labute approximate surface area is 173 Å². The summed E-state index contributed by atoms with van der Waals surface area (Å²) in [5.74, 6) is 0.0605. The number of aliphatic hydroxyl groups is 1. The van der Waals surface area contributed by atoms with E-state index in [4.69, 9.17) is 4.98 Å². The second-order valence-electron chi connectivity index (χ2n) is 8.10. The Morgan fingerprint density at radius 1 is 1.17 bits per heavy atom. The number of hydrogen-bond acceptors (Lipinski definition) is 5. The van der Waals surface area contributed by atoms with Crippen molar-refractivity contribution in [1.82, 2.24) is 14.9 Å². The van der Waals surface area contributed by atoms with Gasteiger partial charge in [-0.2, -0.15) is 0 Å². The summed E-state index contributed by atoms with van der Waals surface area (Å²) in [4.78, 5) is 30.9. The van der Waals surface area contributed by atoms with Gasteiger partial charge in [0.05, 0.1) is 22.6 Å². The number of hydrogen-bond donors (Lipinski definition) is 3. The molecular formula is C23H22N4O3. The summed E-state index contributed by atoms with van der Waals surface area (Å²) in [5, 5.41) is 18.0. The van der Waals surface area contributed by atoms with Crippen LogP contribution in [0.15, 0.2) is 58.9 Å². The Bertz CT molecular complexity index is 1290. The van der Waals surface area contributed by atoms with Crippen molar-refractivity contribution < 1.29 is 9.90 Å². The highest BCUT2D eigenvalue weighted by Crippen LogP contribution is 2.41. The Kier molecular flexibility index (Phi) is 4.04. The van der Waals surface area contributed by atoms with Crippen LogP contribution in [0.5, 0.6) is 0 Å². The molecule has 30 heavy (non-hydrogen) atoms. The lowest BCUT2D eigenvalue weighted by Gasteiger charge is -2.34. The van der Waals surface area contributed by atoms with Gasteiger partial charge in [-0.25, -0.2) is 4.98 Å². The van der Waals surface area contributed by atoms with Crippen LogP contribution in [0.4, 0.5) is 5.69 Å². The predicted molar refractivity (Wildman–Crippen MR) is 115 cm³/mol. The largest absolute Gasteiger partial charge is 0.380 e. The molecule has 5 rings (SSSR count). The van der Waals surface area contributed by atoms with E-state index in [2.05, 4.69) is 10.6 Å². The van der Waals surface area contributed by atoms with Gasteiger partial charge < -0.3 is 15.7 Å². The van der Waals surface area contributed by atoms with Crippen LogP contribution in [0.25, 0.3) is 16.6 Å². The maximum Gasteiger partial charge on any atom is 0.262 e. The number of fused-ring (bicyclic) bond motifs is 3. The van der Waals surface area contributed by atoms with Gasteiger partial charge in [-0.1, -0.05) is 30.3 Å². The van der Waals surface area contributed by atoms with Crippen molar-refractivity contribution >= 4 is 28.2 Å². The van der Waals surface area contributed by atoms with Gasteiger partial charge in [-0.15, -0.1) is 0 Å². The number of allylic oxidation sites excluding steroid dienone is 1. The zero-order chi connectivity index (χ0) is 21.0. The predicted octanol–water partition coefficient (Wildman–Crippen LogP) is 2.52. The molecule has 3 heterocycles. The minimum Gasteiger partial charge on any atom is -0.380 e. The molecule has 2 aliphatic heterocycles. The number of benzene rings is 2. The number of amides is 1. The molecule has 2 unspecified atom stereocenters. The number of nitrogens with one attached hydrogen (secondary N) is 2. The lowest BCUT2D eigenvalue weighted by Crippen LogP contribution is -2.45. The first kappa shape index (κ1) is 18.6. The molecule has 3 N–H and O–H groups in total. The van der Waals surface area contributed by atoms with Crippen LogP contribution in [0, 0.1) is 0 Å². The fourth-order valence-electron chi connectivity index (χ4n) is 4.46. The van der Waals surface area contributed by atoms with E-state index in [1.165, 1.54) is 0 Å².